The molecule has 1 aliphatic rings. The number of hydrogen-bond donors (Lipinski definition) is 1. The van der Waals surface area contributed by atoms with Crippen LogP contribution in [0.25, 0.3) is 0 Å². The van der Waals surface area contributed by atoms with Crippen LogP contribution in [0, 0.1) is 0 Å². The molecule has 4 nitrogen and oxygen atoms in total. The van der Waals surface area contributed by atoms with Gasteiger partial charge in [-0.15, -0.1) is 0 Å². The molecule has 0 aromatic heterocycles. The number of benzene rings is 1. The molecule has 2 rings (SSSR count). The predicted molar refractivity (Wildman–Crippen MR) is 63.0 cm³/mol. The Kier molecular flexibility index (Phi) is 3.04. The lowest BCUT2D eigenvalue weighted by atomic mass is 10.2. The van der Waals surface area contributed by atoms with E-state index in [1.807, 2.05) is 0 Å². The zero-order chi connectivity index (χ0) is 14.6. The average Bonchev–Trinajstić information content (AvgIpc) is 2.39. The molecule has 0 radical (unpaired) electrons. The van der Waals surface area contributed by atoms with Gasteiger partial charge in [-0.05, 0) is 37.0 Å². The number of rotatable bonds is 4. The maximum atomic E-state index is 9.57. The fourth-order valence-corrected chi connectivity index (χ4v) is 1.76. The van der Waals surface area contributed by atoms with Crippen LogP contribution in [0.5, 0.6) is 11.5 Å². The molecule has 0 bridgehead atoms. The van der Waals surface area contributed by atoms with Gasteiger partial charge in [0.15, 0.2) is 17.8 Å². The molecular weight excluding hydrogens is 220 g/mol. The van der Waals surface area contributed by atoms with Crippen LogP contribution in [0.2, 0.25) is 0 Å². The number of aromatic hydroxyl groups is 1. The Labute approximate surface area is 105 Å². The van der Waals surface area contributed by atoms with E-state index >= 15 is 0 Å². The Hall–Kier alpha value is -1.26. The zero-order valence-electron chi connectivity index (χ0n) is 12.5. The van der Waals surface area contributed by atoms with Gasteiger partial charge in [0, 0.05) is 6.61 Å². The summed E-state index contributed by atoms with van der Waals surface area (Å²) in [7, 11) is -2.59. The second-order valence-electron chi connectivity index (χ2n) is 4.01. The maximum absolute atomic E-state index is 9.57. The highest BCUT2D eigenvalue weighted by molar-refractivity contribution is 5.41. The lowest BCUT2D eigenvalue weighted by Crippen LogP contribution is -2.21. The van der Waals surface area contributed by atoms with E-state index in [-0.39, 0.29) is 24.4 Å². The van der Waals surface area contributed by atoms with Crippen molar-refractivity contribution in [3.8, 4) is 11.5 Å². The average molecular weight is 241 g/mol. The van der Waals surface area contributed by atoms with Gasteiger partial charge in [0.05, 0.1) is 17.8 Å². The first-order chi connectivity index (χ1) is 9.44. The second kappa shape index (κ2) is 5.89. The lowest BCUT2D eigenvalue weighted by Gasteiger charge is -2.22. The minimum atomic E-state index is -2.59. The fourth-order valence-electron chi connectivity index (χ4n) is 1.76. The highest BCUT2D eigenvalue weighted by atomic mass is 16.7. The number of hydrogen-bond acceptors (Lipinski definition) is 4. The zero-order valence-corrected chi connectivity index (χ0v) is 9.52. The van der Waals surface area contributed by atoms with Gasteiger partial charge < -0.3 is 19.3 Å². The third-order valence-corrected chi connectivity index (χ3v) is 2.71. The van der Waals surface area contributed by atoms with E-state index in [0.29, 0.717) is 6.61 Å². The molecule has 1 heterocycles. The summed E-state index contributed by atoms with van der Waals surface area (Å²) in [6.45, 7) is 0.982. The maximum Gasteiger partial charge on any atom is 0.160 e. The van der Waals surface area contributed by atoms with Crippen molar-refractivity contribution < 1.29 is 23.4 Å². The highest BCUT2D eigenvalue weighted by Gasteiger charge is 2.14. The van der Waals surface area contributed by atoms with Gasteiger partial charge in [-0.25, -0.2) is 0 Å². The molecule has 94 valence electrons. The summed E-state index contributed by atoms with van der Waals surface area (Å²) in [4.78, 5) is 0. The summed E-state index contributed by atoms with van der Waals surface area (Å²) >= 11 is 0. The van der Waals surface area contributed by atoms with Crippen molar-refractivity contribution in [1.82, 2.24) is 0 Å². The summed E-state index contributed by atoms with van der Waals surface area (Å²) in [6.07, 6.45) is 2.77. The molecule has 1 atom stereocenters. The molecule has 17 heavy (non-hydrogen) atoms. The molecule has 1 fully saturated rings. The summed E-state index contributed by atoms with van der Waals surface area (Å²) in [5, 5.41) is 9.57. The van der Waals surface area contributed by atoms with Crippen LogP contribution in [0.1, 0.15) is 28.9 Å². The molecule has 1 N–H and O–H groups in total. The standard InChI is InChI=1S/C13H18O4/c1-15-12-8-10(5-6-11(12)14)9-17-13-4-2-3-7-16-13/h5-6,8,13-14H,2-4,7,9H2,1H3/i1D3. The number of phenols is 1. The van der Waals surface area contributed by atoms with Crippen molar-refractivity contribution in [2.24, 2.45) is 0 Å². The third kappa shape index (κ3) is 3.35. The van der Waals surface area contributed by atoms with Crippen LogP contribution in [0.15, 0.2) is 18.2 Å². The molecule has 4 heteroatoms. The van der Waals surface area contributed by atoms with Crippen molar-refractivity contribution in [3.05, 3.63) is 23.8 Å². The molecule has 1 aromatic rings. The molecule has 1 unspecified atom stereocenters. The van der Waals surface area contributed by atoms with Crippen LogP contribution in [-0.4, -0.2) is 25.0 Å². The number of methoxy groups -OCH3 is 1. The lowest BCUT2D eigenvalue weighted by molar-refractivity contribution is -0.168. The van der Waals surface area contributed by atoms with E-state index < -0.39 is 7.04 Å². The molecule has 0 amide bonds. The summed E-state index contributed by atoms with van der Waals surface area (Å²) in [5.41, 5.74) is 0.719. The Morgan fingerprint density at radius 1 is 1.53 bits per heavy atom. The van der Waals surface area contributed by atoms with Gasteiger partial charge in [-0.3, -0.25) is 0 Å². The van der Waals surface area contributed by atoms with Crippen LogP contribution < -0.4 is 4.74 Å². The van der Waals surface area contributed by atoms with E-state index in [9.17, 15) is 5.11 Å². The van der Waals surface area contributed by atoms with Crippen molar-refractivity contribution in [2.45, 2.75) is 32.2 Å². The molecular formula is C13H18O4. The first kappa shape index (κ1) is 8.78. The Morgan fingerprint density at radius 2 is 2.47 bits per heavy atom. The van der Waals surface area contributed by atoms with E-state index in [4.69, 9.17) is 18.3 Å². The van der Waals surface area contributed by atoms with Gasteiger partial charge in [-0.2, -0.15) is 0 Å². The van der Waals surface area contributed by atoms with E-state index in [1.165, 1.54) is 12.1 Å². The SMILES string of the molecule is [2H]C([2H])([2H])Oc1cc(COC2CCCCO2)ccc1O. The van der Waals surface area contributed by atoms with Gasteiger partial charge in [0.1, 0.15) is 0 Å². The van der Waals surface area contributed by atoms with Crippen molar-refractivity contribution in [2.75, 3.05) is 13.6 Å². The smallest absolute Gasteiger partial charge is 0.160 e. The molecule has 1 aliphatic heterocycles. The largest absolute Gasteiger partial charge is 0.504 e. The van der Waals surface area contributed by atoms with Gasteiger partial charge in [0.25, 0.3) is 0 Å². The van der Waals surface area contributed by atoms with Gasteiger partial charge in [0.2, 0.25) is 0 Å². The molecule has 0 saturated carbocycles. The highest BCUT2D eigenvalue weighted by Crippen LogP contribution is 2.27. The van der Waals surface area contributed by atoms with Crippen LogP contribution >= 0.6 is 0 Å². The van der Waals surface area contributed by atoms with Crippen molar-refractivity contribution >= 4 is 0 Å². The summed E-state index contributed by atoms with van der Waals surface area (Å²) in [5.74, 6) is -0.283. The fraction of sp³-hybridized carbons (Fsp3) is 0.538. The molecule has 0 aliphatic carbocycles. The molecule has 1 saturated heterocycles. The van der Waals surface area contributed by atoms with Crippen LogP contribution in [0.4, 0.5) is 0 Å². The van der Waals surface area contributed by atoms with E-state index in [0.717, 1.165) is 24.8 Å². The predicted octanol–water partition coefficient (Wildman–Crippen LogP) is 2.44. The Balaban J connectivity index is 1.96. The third-order valence-electron chi connectivity index (χ3n) is 2.71. The van der Waals surface area contributed by atoms with Gasteiger partial charge >= 0.3 is 0 Å². The monoisotopic (exact) mass is 241 g/mol. The molecule has 0 spiro atoms. The minimum Gasteiger partial charge on any atom is -0.504 e. The van der Waals surface area contributed by atoms with Crippen molar-refractivity contribution in [1.29, 1.82) is 0 Å². The Bertz CT molecular complexity index is 442. The van der Waals surface area contributed by atoms with Crippen molar-refractivity contribution in [3.63, 3.8) is 0 Å². The minimum absolute atomic E-state index is 0.0735. The second-order valence-corrected chi connectivity index (χ2v) is 4.01. The van der Waals surface area contributed by atoms with E-state index in [1.54, 1.807) is 6.07 Å². The van der Waals surface area contributed by atoms with Crippen LogP contribution in [-0.2, 0) is 16.1 Å². The van der Waals surface area contributed by atoms with Crippen LogP contribution in [0.3, 0.4) is 0 Å². The number of ether oxygens (including phenoxy) is 3. The summed E-state index contributed by atoms with van der Waals surface area (Å²) in [6, 6.07) is 4.51. The quantitative estimate of drug-likeness (QED) is 0.879. The first-order valence-electron chi connectivity index (χ1n) is 7.18. The van der Waals surface area contributed by atoms with E-state index in [2.05, 4.69) is 0 Å². The van der Waals surface area contributed by atoms with Gasteiger partial charge in [-0.1, -0.05) is 6.07 Å². The Morgan fingerprint density at radius 3 is 3.24 bits per heavy atom. The first-order valence-corrected chi connectivity index (χ1v) is 5.68. The number of phenolic OH excluding ortho intramolecular Hbond substituents is 1. The normalized spacial score (nSPS) is 23.5. The molecule has 1 aromatic carbocycles. The summed E-state index contributed by atoms with van der Waals surface area (Å²) < 4.78 is 36.9. The topological polar surface area (TPSA) is 47.9 Å².